The van der Waals surface area contributed by atoms with Crippen LogP contribution in [0.4, 0.5) is 0 Å². The normalized spacial score (nSPS) is 10.9. The van der Waals surface area contributed by atoms with Gasteiger partial charge in [-0.25, -0.2) is 8.42 Å². The van der Waals surface area contributed by atoms with Crippen LogP contribution in [0.1, 0.15) is 12.5 Å². The van der Waals surface area contributed by atoms with Crippen molar-refractivity contribution in [3.63, 3.8) is 0 Å². The molecule has 0 aliphatic carbocycles. The van der Waals surface area contributed by atoms with Crippen LogP contribution in [-0.4, -0.2) is 54.6 Å². The minimum absolute atomic E-state index is 0.207. The molecule has 1 rings (SSSR count). The lowest BCUT2D eigenvalue weighted by Crippen LogP contribution is -2.15. The highest BCUT2D eigenvalue weighted by molar-refractivity contribution is 7.92. The lowest BCUT2D eigenvalue weighted by atomic mass is 10.2. The van der Waals surface area contributed by atoms with Gasteiger partial charge in [-0.15, -0.1) is 0 Å². The zero-order valence-corrected chi connectivity index (χ0v) is 12.3. The zero-order valence-electron chi connectivity index (χ0n) is 11.5. The molecule has 0 heterocycles. The molecule has 0 saturated heterocycles. The summed E-state index contributed by atoms with van der Waals surface area (Å²) >= 11 is 0. The molecule has 7 heteroatoms. The number of Topliss-reactive ketones (excluding diaryl/α,β-unsaturated/α-hetero) is 1. The molecule has 3 N–H and O–H groups in total. The third-order valence-electron chi connectivity index (χ3n) is 2.19. The Labute approximate surface area is 118 Å². The first kappa shape index (κ1) is 18.7. The predicted octanol–water partition coefficient (Wildman–Crippen LogP) is -0.310. The molecule has 1 aromatic rings. The van der Waals surface area contributed by atoms with Gasteiger partial charge in [0.25, 0.3) is 0 Å². The molecule has 0 spiro atoms. The lowest BCUT2D eigenvalue weighted by molar-refractivity contribution is -0.114. The van der Waals surface area contributed by atoms with Crippen molar-refractivity contribution < 1.29 is 28.5 Å². The molecule has 6 nitrogen and oxygen atoms in total. The highest BCUT2D eigenvalue weighted by atomic mass is 32.2. The predicted molar refractivity (Wildman–Crippen MR) is 74.1 cm³/mol. The summed E-state index contributed by atoms with van der Waals surface area (Å²) in [5.41, 5.74) is 0.992. The van der Waals surface area contributed by atoms with Crippen LogP contribution in [0.3, 0.4) is 0 Å². The summed E-state index contributed by atoms with van der Waals surface area (Å²) in [5, 5.41) is 24.0. The number of hydrogen-bond acceptors (Lipinski definition) is 6. The fourth-order valence-corrected chi connectivity index (χ4v) is 2.41. The lowest BCUT2D eigenvalue weighted by Gasteiger charge is -2.01. The fourth-order valence-electron chi connectivity index (χ4n) is 1.15. The van der Waals surface area contributed by atoms with Gasteiger partial charge in [-0.3, -0.25) is 4.79 Å². The van der Waals surface area contributed by atoms with Crippen LogP contribution in [0.25, 0.3) is 0 Å². The Morgan fingerprint density at radius 2 is 1.60 bits per heavy atom. The Morgan fingerprint density at radius 1 is 1.15 bits per heavy atom. The first-order valence-corrected chi connectivity index (χ1v) is 7.56. The molecule has 0 saturated carbocycles. The molecular weight excluding hydrogens is 284 g/mol. The molecule has 0 atom stereocenters. The van der Waals surface area contributed by atoms with Crippen molar-refractivity contribution in [3.05, 3.63) is 29.8 Å². The Hall–Kier alpha value is -1.28. The number of ketones is 1. The Morgan fingerprint density at radius 3 is 1.90 bits per heavy atom. The van der Waals surface area contributed by atoms with Gasteiger partial charge >= 0.3 is 0 Å². The maximum Gasteiger partial charge on any atom is 0.185 e. The number of hydrogen-bond donors (Lipinski definition) is 3. The average Bonchev–Trinajstić information content (AvgIpc) is 2.37. The number of aliphatic hydroxyl groups excluding tert-OH is 3. The number of sulfone groups is 1. The van der Waals surface area contributed by atoms with Gasteiger partial charge in [0, 0.05) is 0 Å². The second kappa shape index (κ2) is 8.80. The van der Waals surface area contributed by atoms with Crippen LogP contribution < -0.4 is 0 Å². The highest BCUT2D eigenvalue weighted by Gasteiger charge is 2.15. The summed E-state index contributed by atoms with van der Waals surface area (Å²) in [5.74, 6) is -0.763. The van der Waals surface area contributed by atoms with E-state index in [2.05, 4.69) is 0 Å². The van der Waals surface area contributed by atoms with E-state index in [0.717, 1.165) is 5.56 Å². The Balaban J connectivity index is 0.000000511. The molecule has 1 aromatic carbocycles. The van der Waals surface area contributed by atoms with Crippen molar-refractivity contribution >= 4 is 15.6 Å². The molecule has 114 valence electrons. The number of aryl methyl sites for hydroxylation is 1. The number of carbonyl (C=O) groups excluding carboxylic acids is 1. The van der Waals surface area contributed by atoms with E-state index in [1.54, 1.807) is 12.1 Å². The Bertz CT molecular complexity index is 502. The van der Waals surface area contributed by atoms with E-state index >= 15 is 0 Å². The van der Waals surface area contributed by atoms with E-state index in [0.29, 0.717) is 0 Å². The first-order valence-electron chi connectivity index (χ1n) is 5.91. The topological polar surface area (TPSA) is 112 Å². The van der Waals surface area contributed by atoms with Crippen molar-refractivity contribution in [2.24, 2.45) is 0 Å². The van der Waals surface area contributed by atoms with Crippen molar-refractivity contribution in [2.45, 2.75) is 24.8 Å². The first-order chi connectivity index (χ1) is 9.22. The molecule has 0 radical (unpaired) electrons. The second-order valence-corrected chi connectivity index (χ2v) is 6.28. The monoisotopic (exact) mass is 304 g/mol. The molecule has 20 heavy (non-hydrogen) atoms. The molecular formula is C13H20O6S. The highest BCUT2D eigenvalue weighted by Crippen LogP contribution is 2.11. The van der Waals surface area contributed by atoms with Gasteiger partial charge in [-0.05, 0) is 26.0 Å². The van der Waals surface area contributed by atoms with Gasteiger partial charge in [0.15, 0.2) is 9.84 Å². The van der Waals surface area contributed by atoms with Crippen LogP contribution in [0.5, 0.6) is 0 Å². The summed E-state index contributed by atoms with van der Waals surface area (Å²) in [6.45, 7) is 2.42. The van der Waals surface area contributed by atoms with Gasteiger partial charge in [0.1, 0.15) is 17.6 Å². The molecule has 0 aliphatic rings. The minimum Gasteiger partial charge on any atom is -0.394 e. The second-order valence-electron chi connectivity index (χ2n) is 4.29. The zero-order chi connectivity index (χ0) is 15.8. The van der Waals surface area contributed by atoms with E-state index in [-0.39, 0.29) is 23.9 Å². The number of carbonyl (C=O) groups is 1. The van der Waals surface area contributed by atoms with Gasteiger partial charge in [0.05, 0.1) is 18.1 Å². The quantitative estimate of drug-likeness (QED) is 0.688. The average molecular weight is 304 g/mol. The molecule has 0 aliphatic heterocycles. The van der Waals surface area contributed by atoms with Crippen LogP contribution in [0, 0.1) is 6.92 Å². The van der Waals surface area contributed by atoms with Gasteiger partial charge in [-0.1, -0.05) is 17.7 Å². The van der Waals surface area contributed by atoms with Gasteiger partial charge < -0.3 is 15.3 Å². The molecule has 0 bridgehead atoms. The molecule has 0 aromatic heterocycles. The van der Waals surface area contributed by atoms with E-state index in [1.807, 2.05) is 6.92 Å². The van der Waals surface area contributed by atoms with Crippen molar-refractivity contribution in [1.82, 2.24) is 0 Å². The van der Waals surface area contributed by atoms with Crippen molar-refractivity contribution in [2.75, 3.05) is 19.0 Å². The maximum absolute atomic E-state index is 11.5. The van der Waals surface area contributed by atoms with E-state index < -0.39 is 21.7 Å². The van der Waals surface area contributed by atoms with Crippen molar-refractivity contribution in [3.8, 4) is 0 Å². The SMILES string of the molecule is CC(=O)CS(=O)(=O)c1ccc(C)cc1.OCC(O)CO. The largest absolute Gasteiger partial charge is 0.394 e. The van der Waals surface area contributed by atoms with Gasteiger partial charge in [-0.2, -0.15) is 0 Å². The van der Waals surface area contributed by atoms with E-state index in [1.165, 1.54) is 19.1 Å². The summed E-state index contributed by atoms with van der Waals surface area (Å²) in [6.07, 6.45) is -0.954. The smallest absolute Gasteiger partial charge is 0.185 e. The number of rotatable bonds is 5. The van der Waals surface area contributed by atoms with Crippen LogP contribution in [0.2, 0.25) is 0 Å². The summed E-state index contributed by atoms with van der Waals surface area (Å²) in [7, 11) is -3.43. The summed E-state index contributed by atoms with van der Waals surface area (Å²) in [6, 6.07) is 6.47. The van der Waals surface area contributed by atoms with Crippen LogP contribution >= 0.6 is 0 Å². The van der Waals surface area contributed by atoms with Crippen LogP contribution in [-0.2, 0) is 14.6 Å². The standard InChI is InChI=1S/C10H12O3S.C3H8O3/c1-8-3-5-10(6-4-8)14(12,13)7-9(2)11;4-1-3(6)2-5/h3-6H,7H2,1-2H3;3-6H,1-2H2. The summed E-state index contributed by atoms with van der Waals surface area (Å²) in [4.78, 5) is 10.9. The van der Waals surface area contributed by atoms with E-state index in [9.17, 15) is 13.2 Å². The Kier molecular flexibility index (Phi) is 8.24. The number of aliphatic hydroxyl groups is 3. The number of benzene rings is 1. The fraction of sp³-hybridized carbons (Fsp3) is 0.462. The third kappa shape index (κ3) is 7.34. The summed E-state index contributed by atoms with van der Waals surface area (Å²) < 4.78 is 23.1. The van der Waals surface area contributed by atoms with Gasteiger partial charge in [0.2, 0.25) is 0 Å². The minimum atomic E-state index is -3.43. The molecule has 0 amide bonds. The van der Waals surface area contributed by atoms with Crippen molar-refractivity contribution in [1.29, 1.82) is 0 Å². The van der Waals surface area contributed by atoms with Crippen LogP contribution in [0.15, 0.2) is 29.2 Å². The molecule has 0 fully saturated rings. The third-order valence-corrected chi connectivity index (χ3v) is 3.97. The van der Waals surface area contributed by atoms with E-state index in [4.69, 9.17) is 15.3 Å². The molecule has 0 unspecified atom stereocenters. The maximum atomic E-state index is 11.5.